The highest BCUT2D eigenvalue weighted by molar-refractivity contribution is 5.98. The van der Waals surface area contributed by atoms with Crippen molar-refractivity contribution >= 4 is 17.3 Å². The first-order valence-corrected chi connectivity index (χ1v) is 6.11. The molecule has 0 aliphatic rings. The fourth-order valence-corrected chi connectivity index (χ4v) is 1.63. The summed E-state index contributed by atoms with van der Waals surface area (Å²) in [6.07, 6.45) is 4.33. The highest BCUT2D eigenvalue weighted by atomic mass is 15.0. The van der Waals surface area contributed by atoms with Crippen molar-refractivity contribution in [2.75, 3.05) is 11.9 Å². The van der Waals surface area contributed by atoms with Gasteiger partial charge in [-0.2, -0.15) is 0 Å². The van der Waals surface area contributed by atoms with E-state index < -0.39 is 0 Å². The Kier molecular flexibility index (Phi) is 4.06. The van der Waals surface area contributed by atoms with Gasteiger partial charge in [0.1, 0.15) is 5.82 Å². The SMILES string of the molecule is CCNc1cccc(N=C(CC)c2ncc[nH]2)n1. The number of pyridine rings is 1. The van der Waals surface area contributed by atoms with Crippen LogP contribution < -0.4 is 5.32 Å². The van der Waals surface area contributed by atoms with E-state index in [4.69, 9.17) is 0 Å². The van der Waals surface area contributed by atoms with Gasteiger partial charge in [0.15, 0.2) is 11.6 Å². The number of aromatic amines is 1. The third kappa shape index (κ3) is 2.94. The Balaban J connectivity index is 2.27. The van der Waals surface area contributed by atoms with Gasteiger partial charge in [0.25, 0.3) is 0 Å². The van der Waals surface area contributed by atoms with Crippen LogP contribution in [0.4, 0.5) is 11.6 Å². The molecule has 5 heteroatoms. The van der Waals surface area contributed by atoms with E-state index in [-0.39, 0.29) is 0 Å². The predicted molar refractivity (Wildman–Crippen MR) is 73.5 cm³/mol. The summed E-state index contributed by atoms with van der Waals surface area (Å²) in [5, 5.41) is 3.17. The van der Waals surface area contributed by atoms with Gasteiger partial charge in [-0.05, 0) is 25.5 Å². The fraction of sp³-hybridized carbons (Fsp3) is 0.308. The van der Waals surface area contributed by atoms with Crippen LogP contribution in [0.1, 0.15) is 26.1 Å². The molecular formula is C13H17N5. The van der Waals surface area contributed by atoms with Crippen LogP contribution >= 0.6 is 0 Å². The molecule has 0 unspecified atom stereocenters. The number of hydrogen-bond acceptors (Lipinski definition) is 4. The lowest BCUT2D eigenvalue weighted by molar-refractivity contribution is 1.13. The van der Waals surface area contributed by atoms with Gasteiger partial charge in [-0.25, -0.2) is 15.0 Å². The van der Waals surface area contributed by atoms with Gasteiger partial charge in [-0.1, -0.05) is 13.0 Å². The summed E-state index contributed by atoms with van der Waals surface area (Å²) in [6.45, 7) is 4.94. The van der Waals surface area contributed by atoms with Gasteiger partial charge in [0.2, 0.25) is 0 Å². The molecular weight excluding hydrogens is 226 g/mol. The smallest absolute Gasteiger partial charge is 0.154 e. The number of nitrogens with zero attached hydrogens (tertiary/aromatic N) is 3. The number of aliphatic imine (C=N–C) groups is 1. The van der Waals surface area contributed by atoms with E-state index in [1.54, 1.807) is 12.4 Å². The van der Waals surface area contributed by atoms with Crippen molar-refractivity contribution in [3.63, 3.8) is 0 Å². The van der Waals surface area contributed by atoms with Crippen LogP contribution in [0, 0.1) is 0 Å². The molecule has 2 rings (SSSR count). The Hall–Kier alpha value is -2.17. The fourth-order valence-electron chi connectivity index (χ4n) is 1.63. The largest absolute Gasteiger partial charge is 0.370 e. The van der Waals surface area contributed by atoms with Crippen LogP contribution in [0.5, 0.6) is 0 Å². The molecule has 0 aliphatic heterocycles. The number of hydrogen-bond donors (Lipinski definition) is 2. The Morgan fingerprint density at radius 1 is 1.39 bits per heavy atom. The Morgan fingerprint density at radius 2 is 2.28 bits per heavy atom. The van der Waals surface area contributed by atoms with E-state index in [0.717, 1.165) is 30.3 Å². The zero-order valence-electron chi connectivity index (χ0n) is 10.6. The van der Waals surface area contributed by atoms with E-state index in [1.165, 1.54) is 0 Å². The molecule has 0 atom stereocenters. The second-order valence-corrected chi connectivity index (χ2v) is 3.76. The normalized spacial score (nSPS) is 11.6. The second-order valence-electron chi connectivity index (χ2n) is 3.76. The van der Waals surface area contributed by atoms with Crippen LogP contribution in [0.15, 0.2) is 35.6 Å². The van der Waals surface area contributed by atoms with E-state index in [9.17, 15) is 0 Å². The number of aromatic nitrogens is 3. The van der Waals surface area contributed by atoms with Gasteiger partial charge in [-0.15, -0.1) is 0 Å². The van der Waals surface area contributed by atoms with Crippen LogP contribution in [0.3, 0.4) is 0 Å². The third-order valence-corrected chi connectivity index (χ3v) is 2.45. The standard InChI is InChI=1S/C13H17N5/c1-3-10(13-15-8-9-16-13)17-12-7-5-6-11(18-12)14-4-2/h5-9H,3-4H2,1-2H3,(H,14,18)(H,15,16). The zero-order chi connectivity index (χ0) is 12.8. The summed E-state index contributed by atoms with van der Waals surface area (Å²) in [4.78, 5) is 16.2. The van der Waals surface area contributed by atoms with Gasteiger partial charge in [0.05, 0.1) is 5.71 Å². The minimum atomic E-state index is 0.696. The van der Waals surface area contributed by atoms with Crippen LogP contribution in [-0.4, -0.2) is 27.2 Å². The van der Waals surface area contributed by atoms with Crippen LogP contribution in [0.25, 0.3) is 0 Å². The monoisotopic (exact) mass is 243 g/mol. The van der Waals surface area contributed by atoms with Gasteiger partial charge < -0.3 is 10.3 Å². The highest BCUT2D eigenvalue weighted by Crippen LogP contribution is 2.14. The van der Waals surface area contributed by atoms with E-state index >= 15 is 0 Å². The molecule has 0 bridgehead atoms. The number of nitrogens with one attached hydrogen (secondary N) is 2. The van der Waals surface area contributed by atoms with Crippen molar-refractivity contribution in [2.24, 2.45) is 4.99 Å². The summed E-state index contributed by atoms with van der Waals surface area (Å²) in [7, 11) is 0. The van der Waals surface area contributed by atoms with Crippen molar-refractivity contribution in [3.8, 4) is 0 Å². The maximum absolute atomic E-state index is 4.53. The van der Waals surface area contributed by atoms with Crippen molar-refractivity contribution in [3.05, 3.63) is 36.4 Å². The van der Waals surface area contributed by atoms with Crippen molar-refractivity contribution in [1.82, 2.24) is 15.0 Å². The molecule has 0 aliphatic carbocycles. The lowest BCUT2D eigenvalue weighted by atomic mass is 10.3. The lowest BCUT2D eigenvalue weighted by Gasteiger charge is -2.04. The number of anilines is 1. The number of rotatable bonds is 5. The van der Waals surface area contributed by atoms with Crippen LogP contribution in [-0.2, 0) is 0 Å². The highest BCUT2D eigenvalue weighted by Gasteiger charge is 2.04. The molecule has 0 spiro atoms. The molecule has 2 heterocycles. The molecule has 94 valence electrons. The topological polar surface area (TPSA) is 66.0 Å². The predicted octanol–water partition coefficient (Wildman–Crippen LogP) is 2.77. The maximum Gasteiger partial charge on any atom is 0.154 e. The van der Waals surface area contributed by atoms with E-state index in [1.807, 2.05) is 25.1 Å². The molecule has 0 saturated heterocycles. The van der Waals surface area contributed by atoms with Gasteiger partial charge >= 0.3 is 0 Å². The molecule has 0 aromatic carbocycles. The van der Waals surface area contributed by atoms with Crippen LogP contribution in [0.2, 0.25) is 0 Å². The quantitative estimate of drug-likeness (QED) is 0.793. The maximum atomic E-state index is 4.53. The number of imidazole rings is 1. The number of H-pyrrole nitrogens is 1. The molecule has 0 saturated carbocycles. The van der Waals surface area contributed by atoms with Crippen molar-refractivity contribution in [2.45, 2.75) is 20.3 Å². The average Bonchev–Trinajstić information content (AvgIpc) is 2.90. The molecule has 0 radical (unpaired) electrons. The molecule has 2 aromatic heterocycles. The van der Waals surface area contributed by atoms with E-state index in [2.05, 4.69) is 32.2 Å². The van der Waals surface area contributed by atoms with Gasteiger partial charge in [-0.3, -0.25) is 0 Å². The Morgan fingerprint density at radius 3 is 2.94 bits per heavy atom. The zero-order valence-corrected chi connectivity index (χ0v) is 10.6. The molecule has 0 fully saturated rings. The summed E-state index contributed by atoms with van der Waals surface area (Å²) >= 11 is 0. The summed E-state index contributed by atoms with van der Waals surface area (Å²) in [6, 6.07) is 5.76. The molecule has 5 nitrogen and oxygen atoms in total. The Bertz CT molecular complexity index is 516. The van der Waals surface area contributed by atoms with Crippen molar-refractivity contribution < 1.29 is 0 Å². The third-order valence-electron chi connectivity index (χ3n) is 2.45. The lowest BCUT2D eigenvalue weighted by Crippen LogP contribution is -2.02. The second kappa shape index (κ2) is 5.95. The first-order chi connectivity index (χ1) is 8.83. The van der Waals surface area contributed by atoms with Crippen molar-refractivity contribution in [1.29, 1.82) is 0 Å². The van der Waals surface area contributed by atoms with E-state index in [0.29, 0.717) is 5.82 Å². The first kappa shape index (κ1) is 12.3. The molecule has 2 N–H and O–H groups in total. The first-order valence-electron chi connectivity index (χ1n) is 6.11. The Labute approximate surface area is 106 Å². The molecule has 18 heavy (non-hydrogen) atoms. The minimum absolute atomic E-state index is 0.696. The summed E-state index contributed by atoms with van der Waals surface area (Å²) in [5.74, 6) is 2.34. The molecule has 2 aromatic rings. The average molecular weight is 243 g/mol. The molecule has 0 amide bonds. The van der Waals surface area contributed by atoms with Gasteiger partial charge in [0, 0.05) is 18.9 Å². The minimum Gasteiger partial charge on any atom is -0.370 e. The summed E-state index contributed by atoms with van der Waals surface area (Å²) in [5.41, 5.74) is 0.904. The summed E-state index contributed by atoms with van der Waals surface area (Å²) < 4.78 is 0.